The van der Waals surface area contributed by atoms with Crippen molar-refractivity contribution in [3.05, 3.63) is 66.2 Å². The highest BCUT2D eigenvalue weighted by atomic mass is 32.2. The minimum absolute atomic E-state index is 0.0612. The molecule has 4 atom stereocenters. The zero-order valence-electron chi connectivity index (χ0n) is 25.3. The first-order valence-electron chi connectivity index (χ1n) is 16.2. The number of benzene rings is 2. The minimum atomic E-state index is -0.512. The summed E-state index contributed by atoms with van der Waals surface area (Å²) in [6, 6.07) is 20.1. The Morgan fingerprint density at radius 3 is 2.45 bits per heavy atom. The quantitative estimate of drug-likeness (QED) is 0.237. The van der Waals surface area contributed by atoms with Crippen LogP contribution in [-0.2, 0) is 20.8 Å². The molecule has 3 aliphatic rings. The maximum Gasteiger partial charge on any atom is 0.410 e. The molecule has 1 N–H and O–H groups in total. The van der Waals surface area contributed by atoms with Gasteiger partial charge in [-0.2, -0.15) is 0 Å². The summed E-state index contributed by atoms with van der Waals surface area (Å²) in [4.78, 5) is 17.3. The molecule has 3 fully saturated rings. The Balaban J connectivity index is 1.41. The van der Waals surface area contributed by atoms with Gasteiger partial charge < -0.3 is 19.3 Å². The van der Waals surface area contributed by atoms with E-state index in [-0.39, 0.29) is 36.5 Å². The molecule has 42 heavy (non-hydrogen) atoms. The monoisotopic (exact) mass is 595 g/mol. The molecule has 2 heterocycles. The lowest BCUT2D eigenvalue weighted by Crippen LogP contribution is -2.60. The Kier molecular flexibility index (Phi) is 11.3. The van der Waals surface area contributed by atoms with E-state index in [0.29, 0.717) is 13.2 Å². The van der Waals surface area contributed by atoms with E-state index in [0.717, 1.165) is 63.4 Å². The van der Waals surface area contributed by atoms with Gasteiger partial charge in [-0.25, -0.2) is 4.79 Å². The fourth-order valence-corrected chi connectivity index (χ4v) is 9.23. The maximum atomic E-state index is 14.1. The van der Waals surface area contributed by atoms with Gasteiger partial charge in [0.15, 0.2) is 5.79 Å². The summed E-state index contributed by atoms with van der Waals surface area (Å²) in [7, 11) is 0. The normalized spacial score (nSPS) is 27.0. The van der Waals surface area contributed by atoms with Crippen LogP contribution < -0.4 is 0 Å². The minimum Gasteiger partial charge on any atom is -0.445 e. The number of hydrogen-bond acceptors (Lipinski definition) is 6. The number of likely N-dealkylation sites (tertiary alicyclic amines) is 1. The Hall–Kier alpha value is -2.06. The Labute approximate surface area is 256 Å². The van der Waals surface area contributed by atoms with E-state index in [1.165, 1.54) is 24.2 Å². The smallest absolute Gasteiger partial charge is 0.410 e. The molecular formula is C35H49NO5S. The van der Waals surface area contributed by atoms with Crippen molar-refractivity contribution in [2.24, 2.45) is 5.92 Å². The summed E-state index contributed by atoms with van der Waals surface area (Å²) in [6.07, 6.45) is 12.1. The largest absolute Gasteiger partial charge is 0.445 e. The number of unbranched alkanes of at least 4 members (excludes halogenated alkanes) is 3. The number of aliphatic hydroxyl groups excluding tert-OH is 1. The van der Waals surface area contributed by atoms with Crippen molar-refractivity contribution in [2.45, 2.75) is 118 Å². The topological polar surface area (TPSA) is 68.2 Å². The molecule has 0 radical (unpaired) electrons. The molecule has 7 heteroatoms. The van der Waals surface area contributed by atoms with Gasteiger partial charge in [-0.05, 0) is 55.7 Å². The number of rotatable bonds is 13. The predicted octanol–water partition coefficient (Wildman–Crippen LogP) is 7.97. The predicted molar refractivity (Wildman–Crippen MR) is 167 cm³/mol. The first kappa shape index (κ1) is 31.4. The van der Waals surface area contributed by atoms with Crippen molar-refractivity contribution in [3.8, 4) is 0 Å². The van der Waals surface area contributed by atoms with E-state index >= 15 is 0 Å². The van der Waals surface area contributed by atoms with Gasteiger partial charge in [0.05, 0.1) is 31.4 Å². The first-order valence-corrected chi connectivity index (χ1v) is 17.1. The second-order valence-electron chi connectivity index (χ2n) is 12.3. The zero-order chi connectivity index (χ0) is 29.3. The molecule has 1 saturated carbocycles. The van der Waals surface area contributed by atoms with Crippen LogP contribution in [0.25, 0.3) is 0 Å². The molecule has 1 spiro atoms. The molecule has 0 unspecified atom stereocenters. The van der Waals surface area contributed by atoms with Crippen molar-refractivity contribution in [1.29, 1.82) is 0 Å². The SMILES string of the molecule is CCCCCCC1(CC[C@@H]2CCCC[C@@]23[C@@H](Sc2ccccc2)C[C@@H](CO)N3C(=O)OCc2ccccc2)OCCO1. The second-order valence-corrected chi connectivity index (χ2v) is 13.6. The molecule has 2 saturated heterocycles. The number of carbonyl (C=O) groups excluding carboxylic acids is 1. The summed E-state index contributed by atoms with van der Waals surface area (Å²) < 4.78 is 18.6. The maximum absolute atomic E-state index is 14.1. The van der Waals surface area contributed by atoms with Gasteiger partial charge in [0, 0.05) is 23.0 Å². The van der Waals surface area contributed by atoms with Crippen LogP contribution in [0.1, 0.15) is 89.5 Å². The number of carbonyl (C=O) groups is 1. The summed E-state index contributed by atoms with van der Waals surface area (Å²) in [5.41, 5.74) is 0.567. The van der Waals surface area contributed by atoms with Crippen molar-refractivity contribution >= 4 is 17.9 Å². The van der Waals surface area contributed by atoms with E-state index in [2.05, 4.69) is 31.2 Å². The van der Waals surface area contributed by atoms with Crippen LogP contribution in [0.5, 0.6) is 0 Å². The van der Waals surface area contributed by atoms with E-state index in [1.54, 1.807) is 0 Å². The Morgan fingerprint density at radius 2 is 1.74 bits per heavy atom. The van der Waals surface area contributed by atoms with Crippen LogP contribution in [-0.4, -0.2) is 58.5 Å². The molecule has 5 rings (SSSR count). The van der Waals surface area contributed by atoms with E-state index in [1.807, 2.05) is 53.1 Å². The van der Waals surface area contributed by atoms with Crippen molar-refractivity contribution < 1.29 is 24.1 Å². The van der Waals surface area contributed by atoms with Crippen LogP contribution in [0, 0.1) is 5.92 Å². The summed E-state index contributed by atoms with van der Waals surface area (Å²) >= 11 is 1.87. The van der Waals surface area contributed by atoms with Crippen molar-refractivity contribution in [3.63, 3.8) is 0 Å². The molecule has 2 aromatic carbocycles. The van der Waals surface area contributed by atoms with Gasteiger partial charge in [-0.15, -0.1) is 11.8 Å². The molecule has 2 aliphatic heterocycles. The van der Waals surface area contributed by atoms with Crippen molar-refractivity contribution in [2.75, 3.05) is 19.8 Å². The third-order valence-corrected chi connectivity index (χ3v) is 11.1. The highest BCUT2D eigenvalue weighted by molar-refractivity contribution is 8.00. The molecule has 0 aromatic heterocycles. The van der Waals surface area contributed by atoms with Crippen LogP contribution in [0.3, 0.4) is 0 Å². The average Bonchev–Trinajstić information content (AvgIpc) is 3.62. The molecule has 0 bridgehead atoms. The number of aliphatic hydroxyl groups is 1. The molecular weight excluding hydrogens is 546 g/mol. The van der Waals surface area contributed by atoms with Gasteiger partial charge in [-0.1, -0.05) is 87.6 Å². The van der Waals surface area contributed by atoms with Gasteiger partial charge in [0.25, 0.3) is 0 Å². The van der Waals surface area contributed by atoms with Crippen LogP contribution in [0.2, 0.25) is 0 Å². The fraction of sp³-hybridized carbons (Fsp3) is 0.629. The Bertz CT molecular complexity index is 1100. The lowest BCUT2D eigenvalue weighted by atomic mass is 9.68. The summed E-state index contributed by atoms with van der Waals surface area (Å²) in [6.45, 7) is 3.71. The lowest BCUT2D eigenvalue weighted by molar-refractivity contribution is -0.172. The lowest BCUT2D eigenvalue weighted by Gasteiger charge is -2.51. The van der Waals surface area contributed by atoms with E-state index in [9.17, 15) is 9.90 Å². The van der Waals surface area contributed by atoms with E-state index in [4.69, 9.17) is 14.2 Å². The van der Waals surface area contributed by atoms with Crippen LogP contribution >= 0.6 is 11.8 Å². The van der Waals surface area contributed by atoms with Gasteiger partial charge in [0.2, 0.25) is 0 Å². The standard InChI is InChI=1S/C35H49NO5S/c1-2-3-4-12-20-34(40-23-24-41-34)22-19-29-16-11-13-21-35(29)32(42-31-17-9-6-10-18-31)25-30(26-37)36(35)33(38)39-27-28-14-7-5-8-15-28/h5-10,14-15,17-18,29-30,32,37H,2-4,11-13,16,19-27H2,1H3/t29-,30-,32-,35-/m0/s1. The third kappa shape index (κ3) is 7.18. The average molecular weight is 596 g/mol. The Morgan fingerprint density at radius 1 is 1.00 bits per heavy atom. The van der Waals surface area contributed by atoms with Gasteiger partial charge in [0.1, 0.15) is 6.61 Å². The number of thioether (sulfide) groups is 1. The van der Waals surface area contributed by atoms with Gasteiger partial charge in [-0.3, -0.25) is 4.90 Å². The molecule has 1 amide bonds. The third-order valence-electron chi connectivity index (χ3n) is 9.68. The molecule has 6 nitrogen and oxygen atoms in total. The van der Waals surface area contributed by atoms with Crippen molar-refractivity contribution in [1.82, 2.24) is 4.90 Å². The molecule has 2 aromatic rings. The fourth-order valence-electron chi connectivity index (χ4n) is 7.64. The number of hydrogen-bond donors (Lipinski definition) is 1. The number of amides is 1. The van der Waals surface area contributed by atoms with Crippen LogP contribution in [0.15, 0.2) is 65.6 Å². The highest BCUT2D eigenvalue weighted by Gasteiger charge is 2.60. The summed E-state index contributed by atoms with van der Waals surface area (Å²) in [5, 5.41) is 10.8. The zero-order valence-corrected chi connectivity index (χ0v) is 26.1. The highest BCUT2D eigenvalue weighted by Crippen LogP contribution is 2.55. The molecule has 1 aliphatic carbocycles. The van der Waals surface area contributed by atoms with Gasteiger partial charge >= 0.3 is 6.09 Å². The number of ether oxygens (including phenoxy) is 3. The first-order chi connectivity index (χ1) is 20.6. The number of nitrogens with zero attached hydrogens (tertiary/aromatic N) is 1. The van der Waals surface area contributed by atoms with Crippen LogP contribution in [0.4, 0.5) is 4.79 Å². The second kappa shape index (κ2) is 15.1. The van der Waals surface area contributed by atoms with E-state index < -0.39 is 11.3 Å². The molecule has 230 valence electrons. The summed E-state index contributed by atoms with van der Waals surface area (Å²) in [5.74, 6) is -0.240.